The Morgan fingerprint density at radius 2 is 0.956 bits per heavy atom. The Bertz CT molecular complexity index is 1630. The van der Waals surface area contributed by atoms with Crippen LogP contribution in [0.25, 0.3) is 0 Å². The Morgan fingerprint density at radius 3 is 1.40 bits per heavy atom. The van der Waals surface area contributed by atoms with Gasteiger partial charge in [0, 0.05) is 13.0 Å². The molecular weight excluding hydrogens is 907 g/mol. The van der Waals surface area contributed by atoms with Gasteiger partial charge in [-0.2, -0.15) is 11.8 Å². The van der Waals surface area contributed by atoms with Gasteiger partial charge in [-0.15, -0.1) is 0 Å². The van der Waals surface area contributed by atoms with Crippen molar-refractivity contribution in [1.82, 2.24) is 42.5 Å². The van der Waals surface area contributed by atoms with Gasteiger partial charge < -0.3 is 82.0 Å². The van der Waals surface area contributed by atoms with Gasteiger partial charge in [-0.05, 0) is 128 Å². The maximum Gasteiger partial charge on any atom is 0.326 e. The largest absolute Gasteiger partial charge is 0.480 e. The van der Waals surface area contributed by atoms with Crippen molar-refractivity contribution in [2.75, 3.05) is 38.2 Å². The summed E-state index contributed by atoms with van der Waals surface area (Å²) < 4.78 is 0. The van der Waals surface area contributed by atoms with E-state index in [-0.39, 0.29) is 50.9 Å². The summed E-state index contributed by atoms with van der Waals surface area (Å²) in [6, 6.07) is -9.68. The van der Waals surface area contributed by atoms with Crippen molar-refractivity contribution < 1.29 is 48.3 Å². The molecule has 0 spiro atoms. The van der Waals surface area contributed by atoms with Gasteiger partial charge in [-0.3, -0.25) is 43.8 Å². The molecule has 25 nitrogen and oxygen atoms in total. The maximum atomic E-state index is 13.9. The highest BCUT2D eigenvalue weighted by Crippen LogP contribution is 2.11. The van der Waals surface area contributed by atoms with Crippen LogP contribution in [-0.2, 0) is 43.2 Å². The zero-order valence-corrected chi connectivity index (χ0v) is 40.9. The van der Waals surface area contributed by atoms with Crippen LogP contribution in [0.4, 0.5) is 0 Å². The number of amides is 8. The number of hydrogen-bond acceptors (Lipinski definition) is 15. The number of nitrogens with two attached hydrogens (primary N) is 6. The van der Waals surface area contributed by atoms with Crippen LogP contribution in [0.1, 0.15) is 111 Å². The quantitative estimate of drug-likeness (QED) is 0.0160. The van der Waals surface area contributed by atoms with E-state index in [0.29, 0.717) is 76.9 Å². The van der Waals surface area contributed by atoms with Gasteiger partial charge in [-0.1, -0.05) is 13.8 Å². The third-order valence-electron chi connectivity index (χ3n) is 10.6. The summed E-state index contributed by atoms with van der Waals surface area (Å²) in [6.45, 7) is 5.94. The van der Waals surface area contributed by atoms with Crippen LogP contribution in [0.5, 0.6) is 0 Å². The van der Waals surface area contributed by atoms with E-state index < -0.39 is 107 Å². The molecule has 0 rings (SSSR count). The van der Waals surface area contributed by atoms with Crippen molar-refractivity contribution in [2.24, 2.45) is 40.3 Å². The highest BCUT2D eigenvalue weighted by Gasteiger charge is 2.34. The summed E-state index contributed by atoms with van der Waals surface area (Å²) in [7, 11) is 0. The zero-order valence-electron chi connectivity index (χ0n) is 40.1. The monoisotopic (exact) mass is 988 g/mol. The summed E-state index contributed by atoms with van der Waals surface area (Å²) in [5.74, 6) is -7.68. The number of unbranched alkanes of at least 4 members (excludes halogenated alkanes) is 3. The van der Waals surface area contributed by atoms with Gasteiger partial charge in [0.05, 0.1) is 6.04 Å². The maximum absolute atomic E-state index is 13.9. The van der Waals surface area contributed by atoms with Crippen LogP contribution in [0, 0.1) is 11.3 Å². The summed E-state index contributed by atoms with van der Waals surface area (Å²) >= 11 is 1.37. The van der Waals surface area contributed by atoms with Gasteiger partial charge in [-0.25, -0.2) is 4.79 Å². The van der Waals surface area contributed by atoms with Crippen LogP contribution < -0.4 is 76.9 Å². The predicted molar refractivity (Wildman–Crippen MR) is 259 cm³/mol. The highest BCUT2D eigenvalue weighted by molar-refractivity contribution is 7.98. The number of aliphatic carboxylic acids is 1. The Hall–Kier alpha value is -5.31. The molecule has 390 valence electrons. The molecule has 0 unspecified atom stereocenters. The molecule has 0 bridgehead atoms. The Balaban J connectivity index is 6.17. The first-order valence-electron chi connectivity index (χ1n) is 23.2. The molecule has 0 fully saturated rings. The third kappa shape index (κ3) is 26.9. The fourth-order valence-corrected chi connectivity index (χ4v) is 7.03. The molecule has 8 atom stereocenters. The molecule has 0 aromatic heterocycles. The lowest BCUT2D eigenvalue weighted by atomic mass is 10.0. The second kappa shape index (κ2) is 35.8. The Labute approximate surface area is 403 Å². The fraction of sp³-hybridized carbons (Fsp3) is 0.762. The second-order valence-electron chi connectivity index (χ2n) is 16.8. The molecular formula is C42H81N15O10S. The number of carbonyl (C=O) groups is 9. The first kappa shape index (κ1) is 62.7. The molecule has 26 heteroatoms. The van der Waals surface area contributed by atoms with E-state index in [2.05, 4.69) is 42.5 Å². The van der Waals surface area contributed by atoms with Crippen molar-refractivity contribution in [3.8, 4) is 0 Å². The number of carbonyl (C=O) groups excluding carboxylic acids is 8. The zero-order chi connectivity index (χ0) is 51.8. The smallest absolute Gasteiger partial charge is 0.326 e. The van der Waals surface area contributed by atoms with Gasteiger partial charge in [0.15, 0.2) is 5.96 Å². The van der Waals surface area contributed by atoms with Crippen LogP contribution in [0.15, 0.2) is 0 Å². The number of primary amides is 1. The van der Waals surface area contributed by atoms with Crippen LogP contribution in [0.3, 0.4) is 0 Å². The Morgan fingerprint density at radius 1 is 0.529 bits per heavy atom. The van der Waals surface area contributed by atoms with Crippen LogP contribution in [0.2, 0.25) is 0 Å². The number of nitrogens with one attached hydrogen (secondary N) is 9. The SMILES string of the molecule is CSCC[C@H](NC(=O)[C@H](CCC(N)=O)NC(=O)[C@H](CCCCN)NC(=O)[C@@H](N)CCCNC(=N)N)C(=O)N[C@@H](C)C(=O)N[C@H](C(=O)N[C@@H](CCCCN)C(=O)N[C@@H](CCCCN)C(=O)O)C(C)C. The van der Waals surface area contributed by atoms with Crippen molar-refractivity contribution in [2.45, 2.75) is 159 Å². The Kier molecular flexibility index (Phi) is 33.0. The van der Waals surface area contributed by atoms with E-state index in [0.717, 1.165) is 0 Å². The molecule has 68 heavy (non-hydrogen) atoms. The second-order valence-corrected chi connectivity index (χ2v) is 17.8. The van der Waals surface area contributed by atoms with Gasteiger partial charge >= 0.3 is 5.97 Å². The van der Waals surface area contributed by atoms with Crippen molar-refractivity contribution >= 4 is 70.9 Å². The molecule has 0 radical (unpaired) electrons. The van der Waals surface area contributed by atoms with Crippen LogP contribution in [-0.4, -0.2) is 151 Å². The highest BCUT2D eigenvalue weighted by atomic mass is 32.2. The summed E-state index contributed by atoms with van der Waals surface area (Å²) in [5, 5.41) is 37.7. The number of carboxylic acid groups (broad SMARTS) is 1. The van der Waals surface area contributed by atoms with Gasteiger partial charge in [0.1, 0.15) is 42.3 Å². The molecule has 0 aromatic carbocycles. The molecule has 0 aliphatic heterocycles. The fourth-order valence-electron chi connectivity index (χ4n) is 6.56. The standard InChI is InChI=1S/C42H81N15O10S/c1-24(2)33(40(65)55-28(14-6-9-20-44)38(63)56-31(41(66)67)15-7-10-21-45)57-34(59)25(3)51-36(61)30(18-23-68-4)54-39(64)29(16-17-32(47)58)53-37(62)27(13-5-8-19-43)52-35(60)26(46)12-11-22-50-42(48)49/h24-31,33H,5-23,43-46H2,1-4H3,(H2,47,58)(H,51,61)(H,52,60)(H,53,62)(H,54,64)(H,55,65)(H,56,63)(H,57,59)(H,66,67)(H4,48,49,50)/t25-,26-,27-,28-,29-,30-,31-,33-/m0/s1. The molecule has 22 N–H and O–H groups in total. The minimum absolute atomic E-state index is 0.0710. The van der Waals surface area contributed by atoms with E-state index in [1.54, 1.807) is 20.1 Å². The van der Waals surface area contributed by atoms with E-state index in [4.69, 9.17) is 39.8 Å². The number of rotatable bonds is 38. The lowest BCUT2D eigenvalue weighted by molar-refractivity contribution is -0.142. The van der Waals surface area contributed by atoms with Gasteiger partial charge in [0.25, 0.3) is 0 Å². The average Bonchev–Trinajstić information content (AvgIpc) is 3.27. The lowest BCUT2D eigenvalue weighted by Crippen LogP contribution is -2.60. The first-order valence-corrected chi connectivity index (χ1v) is 24.6. The molecule has 8 amide bonds. The molecule has 0 aliphatic carbocycles. The van der Waals surface area contributed by atoms with Crippen molar-refractivity contribution in [3.63, 3.8) is 0 Å². The molecule has 0 saturated heterocycles. The summed E-state index contributed by atoms with van der Waals surface area (Å²) in [6.07, 6.45) is 5.14. The predicted octanol–water partition coefficient (Wildman–Crippen LogP) is -3.86. The summed E-state index contributed by atoms with van der Waals surface area (Å²) in [4.78, 5) is 119. The average molecular weight is 988 g/mol. The molecule has 0 aromatic rings. The van der Waals surface area contributed by atoms with E-state index >= 15 is 0 Å². The number of hydrogen-bond donors (Lipinski definition) is 16. The summed E-state index contributed by atoms with van der Waals surface area (Å²) in [5.41, 5.74) is 33.6. The molecule has 0 saturated carbocycles. The number of guanidine groups is 1. The molecule has 0 aliphatic rings. The normalized spacial score (nSPS) is 14.6. The molecule has 0 heterocycles. The van der Waals surface area contributed by atoms with Crippen molar-refractivity contribution in [3.05, 3.63) is 0 Å². The van der Waals surface area contributed by atoms with E-state index in [1.807, 2.05) is 0 Å². The number of thioether (sulfide) groups is 1. The van der Waals surface area contributed by atoms with Crippen molar-refractivity contribution in [1.29, 1.82) is 5.41 Å². The van der Waals surface area contributed by atoms with E-state index in [9.17, 15) is 48.3 Å². The van der Waals surface area contributed by atoms with E-state index in [1.165, 1.54) is 18.7 Å². The van der Waals surface area contributed by atoms with Crippen LogP contribution >= 0.6 is 11.8 Å². The first-order chi connectivity index (χ1) is 32.1. The third-order valence-corrected chi connectivity index (χ3v) is 11.3. The topological polar surface area (TPSA) is 450 Å². The lowest BCUT2D eigenvalue weighted by Gasteiger charge is -2.28. The minimum Gasteiger partial charge on any atom is -0.480 e. The van der Waals surface area contributed by atoms with Gasteiger partial charge in [0.2, 0.25) is 47.3 Å². The minimum atomic E-state index is -1.40. The number of carboxylic acids is 1.